The number of hydrogen-bond acceptors (Lipinski definition) is 3. The average molecular weight is 318 g/mol. The second-order valence-electron chi connectivity index (χ2n) is 7.56. The largest absolute Gasteiger partial charge is 0.351 e. The normalized spacial score (nSPS) is 27.8. The smallest absolute Gasteiger partial charge is 0.248 e. The Kier molecular flexibility index (Phi) is 5.05. The van der Waals surface area contributed by atoms with Gasteiger partial charge in [-0.3, -0.25) is 9.48 Å². The van der Waals surface area contributed by atoms with Crippen LogP contribution < -0.4 is 10.6 Å². The van der Waals surface area contributed by atoms with Gasteiger partial charge in [0.2, 0.25) is 5.91 Å². The minimum absolute atomic E-state index is 0.163. The van der Waals surface area contributed by atoms with Gasteiger partial charge in [-0.15, -0.1) is 0 Å². The topological polar surface area (TPSA) is 59.0 Å². The molecular weight excluding hydrogens is 288 g/mol. The molecule has 0 atom stereocenters. The summed E-state index contributed by atoms with van der Waals surface area (Å²) in [5.41, 5.74) is -0.510. The molecule has 2 fully saturated rings. The van der Waals surface area contributed by atoms with E-state index in [1.165, 1.54) is 12.8 Å². The van der Waals surface area contributed by atoms with Crippen LogP contribution in [0.5, 0.6) is 0 Å². The third kappa shape index (κ3) is 3.44. The van der Waals surface area contributed by atoms with E-state index in [2.05, 4.69) is 29.6 Å². The Morgan fingerprint density at radius 3 is 2.52 bits per heavy atom. The van der Waals surface area contributed by atoms with Crippen LogP contribution in [-0.4, -0.2) is 34.8 Å². The zero-order valence-corrected chi connectivity index (χ0v) is 14.4. The van der Waals surface area contributed by atoms with E-state index in [4.69, 9.17) is 0 Å². The van der Waals surface area contributed by atoms with E-state index in [1.807, 2.05) is 16.9 Å². The second kappa shape index (κ2) is 7.04. The molecule has 2 aliphatic rings. The maximum atomic E-state index is 13.1. The Balaban J connectivity index is 1.66. The second-order valence-corrected chi connectivity index (χ2v) is 7.56. The number of aromatic nitrogens is 2. The lowest BCUT2D eigenvalue weighted by Gasteiger charge is -2.39. The van der Waals surface area contributed by atoms with E-state index >= 15 is 0 Å². The summed E-state index contributed by atoms with van der Waals surface area (Å²) in [6, 6.07) is 2.24. The van der Waals surface area contributed by atoms with Crippen molar-refractivity contribution in [1.29, 1.82) is 0 Å². The Morgan fingerprint density at radius 2 is 1.96 bits per heavy atom. The van der Waals surface area contributed by atoms with Gasteiger partial charge in [0.15, 0.2) is 0 Å². The van der Waals surface area contributed by atoms with Crippen LogP contribution in [-0.2, 0) is 10.3 Å². The van der Waals surface area contributed by atoms with Crippen molar-refractivity contribution >= 4 is 5.91 Å². The number of rotatable bonds is 4. The van der Waals surface area contributed by atoms with Crippen LogP contribution in [0.3, 0.4) is 0 Å². The molecule has 128 valence electrons. The molecule has 1 saturated heterocycles. The Labute approximate surface area is 139 Å². The molecule has 0 radical (unpaired) electrons. The predicted octanol–water partition coefficient (Wildman–Crippen LogP) is 2.29. The Bertz CT molecular complexity index is 497. The summed E-state index contributed by atoms with van der Waals surface area (Å²) in [4.78, 5) is 13.1. The molecular formula is C18H30N4O. The zero-order valence-electron chi connectivity index (χ0n) is 14.4. The van der Waals surface area contributed by atoms with Crippen LogP contribution in [0.4, 0.5) is 0 Å². The number of carbonyl (C=O) groups excluding carboxylic acids is 1. The lowest BCUT2D eigenvalue weighted by Crippen LogP contribution is -2.56. The van der Waals surface area contributed by atoms with Crippen molar-refractivity contribution in [3.8, 4) is 0 Å². The molecule has 1 aliphatic carbocycles. The maximum Gasteiger partial charge on any atom is 0.248 e. The highest BCUT2D eigenvalue weighted by Gasteiger charge is 2.42. The number of hydrogen-bond donors (Lipinski definition) is 2. The maximum absolute atomic E-state index is 13.1. The fourth-order valence-corrected chi connectivity index (χ4v) is 4.17. The van der Waals surface area contributed by atoms with Crippen molar-refractivity contribution in [2.75, 3.05) is 13.1 Å². The molecule has 2 heterocycles. The summed E-state index contributed by atoms with van der Waals surface area (Å²) in [6.07, 6.45) is 10.0. The van der Waals surface area contributed by atoms with Gasteiger partial charge in [0.25, 0.3) is 0 Å². The standard InChI is InChI=1S/C18H30N4O/c1-14(2)15-4-6-16(7-5-15)21-17(23)18(8-11-19-12-9-18)22-13-3-10-20-22/h3,10,13-16,19H,4-9,11-12H2,1-2H3,(H,21,23). The molecule has 1 aromatic heterocycles. The van der Waals surface area contributed by atoms with Crippen LogP contribution in [0.15, 0.2) is 18.5 Å². The third-order valence-corrected chi connectivity index (χ3v) is 5.85. The molecule has 0 unspecified atom stereocenters. The molecule has 0 spiro atoms. The quantitative estimate of drug-likeness (QED) is 0.895. The highest BCUT2D eigenvalue weighted by molar-refractivity contribution is 5.84. The highest BCUT2D eigenvalue weighted by Crippen LogP contribution is 2.32. The van der Waals surface area contributed by atoms with Gasteiger partial charge in [-0.1, -0.05) is 13.8 Å². The Morgan fingerprint density at radius 1 is 1.26 bits per heavy atom. The first-order valence-electron chi connectivity index (χ1n) is 9.13. The molecule has 0 aromatic carbocycles. The fourth-order valence-electron chi connectivity index (χ4n) is 4.17. The van der Waals surface area contributed by atoms with Gasteiger partial charge in [-0.05, 0) is 69.5 Å². The highest BCUT2D eigenvalue weighted by atomic mass is 16.2. The molecule has 5 heteroatoms. The monoisotopic (exact) mass is 318 g/mol. The first-order chi connectivity index (χ1) is 11.1. The van der Waals surface area contributed by atoms with E-state index in [0.29, 0.717) is 6.04 Å². The average Bonchev–Trinajstić information content (AvgIpc) is 3.11. The lowest BCUT2D eigenvalue weighted by atomic mass is 9.79. The van der Waals surface area contributed by atoms with Crippen LogP contribution in [0, 0.1) is 11.8 Å². The summed E-state index contributed by atoms with van der Waals surface area (Å²) in [5, 5.41) is 11.1. The van der Waals surface area contributed by atoms with Crippen molar-refractivity contribution in [2.24, 2.45) is 11.8 Å². The summed E-state index contributed by atoms with van der Waals surface area (Å²) >= 11 is 0. The van der Waals surface area contributed by atoms with Crippen molar-refractivity contribution < 1.29 is 4.79 Å². The van der Waals surface area contributed by atoms with Crippen LogP contribution in [0.2, 0.25) is 0 Å². The number of amides is 1. The molecule has 1 amide bonds. The van der Waals surface area contributed by atoms with Crippen LogP contribution in [0.25, 0.3) is 0 Å². The van der Waals surface area contributed by atoms with Crippen LogP contribution in [0.1, 0.15) is 52.4 Å². The number of nitrogens with zero attached hydrogens (tertiary/aromatic N) is 2. The molecule has 1 aromatic rings. The van der Waals surface area contributed by atoms with E-state index in [0.717, 1.165) is 50.6 Å². The molecule has 0 bridgehead atoms. The molecule has 1 saturated carbocycles. The van der Waals surface area contributed by atoms with Crippen molar-refractivity contribution in [2.45, 2.75) is 64.0 Å². The van der Waals surface area contributed by atoms with Crippen molar-refractivity contribution in [3.63, 3.8) is 0 Å². The van der Waals surface area contributed by atoms with Gasteiger partial charge in [0.05, 0.1) is 0 Å². The third-order valence-electron chi connectivity index (χ3n) is 5.85. The Hall–Kier alpha value is -1.36. The first-order valence-corrected chi connectivity index (χ1v) is 9.13. The van der Waals surface area contributed by atoms with E-state index in [1.54, 1.807) is 6.20 Å². The van der Waals surface area contributed by atoms with E-state index < -0.39 is 5.54 Å². The van der Waals surface area contributed by atoms with Gasteiger partial charge in [0.1, 0.15) is 5.54 Å². The number of piperidine rings is 1. The minimum Gasteiger partial charge on any atom is -0.351 e. The van der Waals surface area contributed by atoms with Crippen molar-refractivity contribution in [1.82, 2.24) is 20.4 Å². The summed E-state index contributed by atoms with van der Waals surface area (Å²) in [5.74, 6) is 1.74. The van der Waals surface area contributed by atoms with E-state index in [-0.39, 0.29) is 5.91 Å². The fraction of sp³-hybridized carbons (Fsp3) is 0.778. The predicted molar refractivity (Wildman–Crippen MR) is 91.0 cm³/mol. The molecule has 3 rings (SSSR count). The van der Waals surface area contributed by atoms with Crippen LogP contribution >= 0.6 is 0 Å². The van der Waals surface area contributed by atoms with Gasteiger partial charge in [0, 0.05) is 18.4 Å². The molecule has 1 aliphatic heterocycles. The molecule has 23 heavy (non-hydrogen) atoms. The zero-order chi connectivity index (χ0) is 16.3. The van der Waals surface area contributed by atoms with Gasteiger partial charge >= 0.3 is 0 Å². The van der Waals surface area contributed by atoms with E-state index in [9.17, 15) is 4.79 Å². The number of carbonyl (C=O) groups is 1. The first kappa shape index (κ1) is 16.5. The summed E-state index contributed by atoms with van der Waals surface area (Å²) in [6.45, 7) is 6.36. The van der Waals surface area contributed by atoms with Gasteiger partial charge < -0.3 is 10.6 Å². The minimum atomic E-state index is -0.510. The SMILES string of the molecule is CC(C)C1CCC(NC(=O)C2(n3cccn3)CCNCC2)CC1. The van der Waals surface area contributed by atoms with Gasteiger partial charge in [-0.25, -0.2) is 0 Å². The van der Waals surface area contributed by atoms with Gasteiger partial charge in [-0.2, -0.15) is 5.10 Å². The molecule has 2 N–H and O–H groups in total. The summed E-state index contributed by atoms with van der Waals surface area (Å²) < 4.78 is 1.88. The lowest BCUT2D eigenvalue weighted by molar-refractivity contribution is -0.133. The molecule has 5 nitrogen and oxygen atoms in total. The van der Waals surface area contributed by atoms with Crippen molar-refractivity contribution in [3.05, 3.63) is 18.5 Å². The number of nitrogens with one attached hydrogen (secondary N) is 2. The summed E-state index contributed by atoms with van der Waals surface area (Å²) in [7, 11) is 0.